The van der Waals surface area contributed by atoms with Crippen LogP contribution < -0.4 is 4.74 Å². The minimum atomic E-state index is -0.405. The summed E-state index contributed by atoms with van der Waals surface area (Å²) in [6, 6.07) is 5.69. The second kappa shape index (κ2) is 6.18. The first-order valence-electron chi connectivity index (χ1n) is 6.22. The maximum atomic E-state index is 11.1. The topological polar surface area (TPSA) is 52.6 Å². The molecule has 0 unspecified atom stereocenters. The molecule has 19 heavy (non-hydrogen) atoms. The van der Waals surface area contributed by atoms with Crippen LogP contribution in [0.25, 0.3) is 5.57 Å². The predicted octanol–water partition coefficient (Wildman–Crippen LogP) is 2.16. The van der Waals surface area contributed by atoms with E-state index in [0.717, 1.165) is 42.2 Å². The fourth-order valence-electron chi connectivity index (χ4n) is 2.30. The van der Waals surface area contributed by atoms with Gasteiger partial charge in [0.1, 0.15) is 12.0 Å². The molecule has 1 aliphatic rings. The average Bonchev–Trinajstić information content (AvgIpc) is 2.45. The van der Waals surface area contributed by atoms with Crippen molar-refractivity contribution in [3.8, 4) is 5.75 Å². The fraction of sp³-hybridized carbons (Fsp3) is 0.333. The zero-order valence-corrected chi connectivity index (χ0v) is 10.8. The number of fused-ring (bicyclic) bond motifs is 1. The van der Waals surface area contributed by atoms with Crippen molar-refractivity contribution in [1.82, 2.24) is 0 Å². The normalized spacial score (nSPS) is 15.7. The van der Waals surface area contributed by atoms with E-state index in [2.05, 4.69) is 4.74 Å². The van der Waals surface area contributed by atoms with Crippen molar-refractivity contribution in [3.63, 3.8) is 0 Å². The monoisotopic (exact) mass is 260 g/mol. The van der Waals surface area contributed by atoms with Crippen LogP contribution in [0.4, 0.5) is 0 Å². The van der Waals surface area contributed by atoms with Gasteiger partial charge in [0.2, 0.25) is 0 Å². The molecule has 1 aromatic carbocycles. The first kappa shape index (κ1) is 13.3. The lowest BCUT2D eigenvalue weighted by Crippen LogP contribution is -2.14. The Balaban J connectivity index is 2.27. The van der Waals surface area contributed by atoms with E-state index in [1.54, 1.807) is 6.08 Å². The molecule has 0 aromatic heterocycles. The van der Waals surface area contributed by atoms with Gasteiger partial charge in [-0.1, -0.05) is 12.1 Å². The molecule has 1 aromatic rings. The summed E-state index contributed by atoms with van der Waals surface area (Å²) >= 11 is 0. The number of benzene rings is 1. The molecule has 2 rings (SSSR count). The molecular formula is C15H16O4. The van der Waals surface area contributed by atoms with Gasteiger partial charge in [-0.3, -0.25) is 4.79 Å². The second-order valence-electron chi connectivity index (χ2n) is 4.33. The van der Waals surface area contributed by atoms with Crippen LogP contribution in [0.3, 0.4) is 0 Å². The minimum absolute atomic E-state index is 0.0975. The Labute approximate surface area is 112 Å². The quantitative estimate of drug-likeness (QED) is 0.473. The highest BCUT2D eigenvalue weighted by atomic mass is 16.6. The number of esters is 1. The van der Waals surface area contributed by atoms with Gasteiger partial charge in [0, 0.05) is 5.56 Å². The Morgan fingerprint density at radius 3 is 2.95 bits per heavy atom. The van der Waals surface area contributed by atoms with Crippen molar-refractivity contribution < 1.29 is 19.1 Å². The van der Waals surface area contributed by atoms with E-state index in [1.807, 2.05) is 18.2 Å². The first-order valence-corrected chi connectivity index (χ1v) is 6.22. The number of allylic oxidation sites excluding steroid dienone is 2. The van der Waals surface area contributed by atoms with Crippen molar-refractivity contribution in [2.75, 3.05) is 13.7 Å². The summed E-state index contributed by atoms with van der Waals surface area (Å²) in [5.41, 5.74) is 3.13. The summed E-state index contributed by atoms with van der Waals surface area (Å²) in [5, 5.41) is 0. The van der Waals surface area contributed by atoms with Crippen LogP contribution in [0.15, 0.2) is 24.3 Å². The highest BCUT2D eigenvalue weighted by Crippen LogP contribution is 2.35. The number of rotatable bonds is 4. The Hall–Kier alpha value is -2.10. The Kier molecular flexibility index (Phi) is 4.34. The molecule has 0 spiro atoms. The van der Waals surface area contributed by atoms with Gasteiger partial charge in [0.25, 0.3) is 0 Å². The summed E-state index contributed by atoms with van der Waals surface area (Å²) in [4.78, 5) is 21.8. The molecule has 0 saturated heterocycles. The van der Waals surface area contributed by atoms with Crippen LogP contribution in [0, 0.1) is 0 Å². The molecule has 100 valence electrons. The van der Waals surface area contributed by atoms with E-state index in [1.165, 1.54) is 7.11 Å². The lowest BCUT2D eigenvalue weighted by molar-refractivity contribution is -0.142. The van der Waals surface area contributed by atoms with E-state index in [-0.39, 0.29) is 6.61 Å². The molecule has 4 heteroatoms. The Morgan fingerprint density at radius 2 is 2.21 bits per heavy atom. The maximum Gasteiger partial charge on any atom is 0.343 e. The van der Waals surface area contributed by atoms with Gasteiger partial charge in [-0.15, -0.1) is 0 Å². The lowest BCUT2D eigenvalue weighted by Gasteiger charge is -2.21. The van der Waals surface area contributed by atoms with Crippen molar-refractivity contribution in [2.24, 2.45) is 0 Å². The van der Waals surface area contributed by atoms with Crippen molar-refractivity contribution >= 4 is 17.8 Å². The summed E-state index contributed by atoms with van der Waals surface area (Å²) in [7, 11) is 1.33. The fourth-order valence-corrected chi connectivity index (χ4v) is 2.30. The van der Waals surface area contributed by atoms with Crippen LogP contribution in [-0.2, 0) is 20.7 Å². The molecule has 0 amide bonds. The van der Waals surface area contributed by atoms with Crippen LogP contribution in [0.5, 0.6) is 5.75 Å². The van der Waals surface area contributed by atoms with Crippen LogP contribution in [-0.4, -0.2) is 26.0 Å². The molecule has 0 heterocycles. The first-order chi connectivity index (χ1) is 9.26. The third-order valence-corrected chi connectivity index (χ3v) is 3.19. The number of ether oxygens (including phenoxy) is 2. The van der Waals surface area contributed by atoms with Gasteiger partial charge in [-0.05, 0) is 42.5 Å². The summed E-state index contributed by atoms with van der Waals surface area (Å²) in [6.07, 6.45) is 5.18. The molecule has 0 atom stereocenters. The summed E-state index contributed by atoms with van der Waals surface area (Å²) < 4.78 is 10.0. The Morgan fingerprint density at radius 1 is 1.37 bits per heavy atom. The third kappa shape index (κ3) is 3.02. The molecule has 0 radical (unpaired) electrons. The number of carbonyl (C=O) groups excluding carboxylic acids is 2. The standard InChI is InChI=1S/C15H16O4/c1-18-15(17)10-19-14-7-3-5-12-11(8-9-16)4-2-6-13(12)14/h3,5,7-9H,2,4,6,10H2,1H3. The van der Waals surface area contributed by atoms with E-state index in [0.29, 0.717) is 5.75 Å². The molecular weight excluding hydrogens is 244 g/mol. The van der Waals surface area contributed by atoms with Gasteiger partial charge in [-0.2, -0.15) is 0 Å². The number of hydrogen-bond acceptors (Lipinski definition) is 4. The molecule has 0 fully saturated rings. The van der Waals surface area contributed by atoms with Gasteiger partial charge in [-0.25, -0.2) is 4.79 Å². The van der Waals surface area contributed by atoms with Crippen LogP contribution in [0.2, 0.25) is 0 Å². The number of aldehydes is 1. The predicted molar refractivity (Wildman–Crippen MR) is 70.9 cm³/mol. The minimum Gasteiger partial charge on any atom is -0.482 e. The van der Waals surface area contributed by atoms with E-state index >= 15 is 0 Å². The average molecular weight is 260 g/mol. The van der Waals surface area contributed by atoms with Crippen LogP contribution in [0.1, 0.15) is 24.0 Å². The smallest absolute Gasteiger partial charge is 0.343 e. The van der Waals surface area contributed by atoms with Crippen LogP contribution >= 0.6 is 0 Å². The molecule has 4 nitrogen and oxygen atoms in total. The van der Waals surface area contributed by atoms with Crippen molar-refractivity contribution in [1.29, 1.82) is 0 Å². The van der Waals surface area contributed by atoms with E-state index in [9.17, 15) is 9.59 Å². The van der Waals surface area contributed by atoms with Gasteiger partial charge >= 0.3 is 5.97 Å². The zero-order chi connectivity index (χ0) is 13.7. The largest absolute Gasteiger partial charge is 0.482 e. The Bertz CT molecular complexity index is 517. The van der Waals surface area contributed by atoms with E-state index < -0.39 is 5.97 Å². The number of hydrogen-bond donors (Lipinski definition) is 0. The molecule has 0 bridgehead atoms. The van der Waals surface area contributed by atoms with E-state index in [4.69, 9.17) is 4.74 Å². The second-order valence-corrected chi connectivity index (χ2v) is 4.33. The highest BCUT2D eigenvalue weighted by Gasteiger charge is 2.18. The number of carbonyl (C=O) groups is 2. The molecule has 0 N–H and O–H groups in total. The van der Waals surface area contributed by atoms with Gasteiger partial charge in [0.05, 0.1) is 7.11 Å². The molecule has 1 aliphatic carbocycles. The zero-order valence-electron chi connectivity index (χ0n) is 10.8. The third-order valence-electron chi connectivity index (χ3n) is 3.19. The SMILES string of the molecule is COC(=O)COc1cccc2c1CCCC2=CC=O. The summed E-state index contributed by atoms with van der Waals surface area (Å²) in [6.45, 7) is -0.0975. The number of methoxy groups -OCH3 is 1. The maximum absolute atomic E-state index is 11.1. The van der Waals surface area contributed by atoms with Crippen molar-refractivity contribution in [3.05, 3.63) is 35.4 Å². The van der Waals surface area contributed by atoms with Gasteiger partial charge in [0.15, 0.2) is 6.61 Å². The molecule has 0 aliphatic heterocycles. The molecule has 0 saturated carbocycles. The highest BCUT2D eigenvalue weighted by molar-refractivity contribution is 5.84. The van der Waals surface area contributed by atoms with Gasteiger partial charge < -0.3 is 9.47 Å². The lowest BCUT2D eigenvalue weighted by atomic mass is 9.87. The van der Waals surface area contributed by atoms with Crippen molar-refractivity contribution in [2.45, 2.75) is 19.3 Å². The summed E-state index contributed by atoms with van der Waals surface area (Å²) in [5.74, 6) is 0.288.